The van der Waals surface area contributed by atoms with Crippen molar-refractivity contribution in [3.63, 3.8) is 0 Å². The molecule has 2 aromatic rings. The Balaban J connectivity index is 1.69. The molecule has 0 aromatic heterocycles. The Morgan fingerprint density at radius 3 is 2.57 bits per heavy atom. The molecule has 0 fully saturated rings. The summed E-state index contributed by atoms with van der Waals surface area (Å²) in [5.74, 6) is 0.591. The Morgan fingerprint density at radius 1 is 1.07 bits per heavy atom. The minimum absolute atomic E-state index is 0.0463. The number of benzene rings is 2. The minimum Gasteiger partial charge on any atom is -0.312 e. The van der Waals surface area contributed by atoms with Crippen LogP contribution in [0.2, 0.25) is 10.0 Å². The number of aryl methyl sites for hydroxylation is 2. The third-order valence-electron chi connectivity index (χ3n) is 5.03. The van der Waals surface area contributed by atoms with Crippen molar-refractivity contribution in [2.75, 3.05) is 11.4 Å². The lowest BCUT2D eigenvalue weighted by molar-refractivity contribution is -0.119. The monoisotopic (exact) mass is 417 g/mol. The summed E-state index contributed by atoms with van der Waals surface area (Å²) < 4.78 is 0. The summed E-state index contributed by atoms with van der Waals surface area (Å²) in [6, 6.07) is 11.2. The summed E-state index contributed by atoms with van der Waals surface area (Å²) >= 11 is 11.9. The molecule has 2 aromatic carbocycles. The zero-order chi connectivity index (χ0) is 20.3. The van der Waals surface area contributed by atoms with Crippen LogP contribution in [-0.2, 0) is 17.6 Å². The van der Waals surface area contributed by atoms with Crippen molar-refractivity contribution in [3.05, 3.63) is 63.1 Å². The number of rotatable bonds is 6. The van der Waals surface area contributed by atoms with Crippen LogP contribution < -0.4 is 4.90 Å². The molecule has 1 aliphatic heterocycles. The Labute approximate surface area is 176 Å². The molecular formula is C23H25Cl2NO2. The number of carbonyl (C=O) groups excluding carboxylic acids is 2. The van der Waals surface area contributed by atoms with Crippen LogP contribution in [-0.4, -0.2) is 18.2 Å². The van der Waals surface area contributed by atoms with Crippen LogP contribution >= 0.6 is 23.2 Å². The Morgan fingerprint density at radius 2 is 1.86 bits per heavy atom. The second-order valence-corrected chi connectivity index (χ2v) is 8.58. The lowest BCUT2D eigenvalue weighted by Gasteiger charge is -2.30. The van der Waals surface area contributed by atoms with Crippen LogP contribution in [0.1, 0.15) is 54.6 Å². The molecule has 1 aliphatic rings. The first-order chi connectivity index (χ1) is 13.3. The number of hydrogen-bond donors (Lipinski definition) is 0. The first-order valence-electron chi connectivity index (χ1n) is 9.75. The first kappa shape index (κ1) is 20.9. The van der Waals surface area contributed by atoms with E-state index < -0.39 is 0 Å². The van der Waals surface area contributed by atoms with Crippen molar-refractivity contribution in [2.24, 2.45) is 5.92 Å². The van der Waals surface area contributed by atoms with Gasteiger partial charge in [0.15, 0.2) is 5.78 Å². The maximum Gasteiger partial charge on any atom is 0.227 e. The predicted octanol–water partition coefficient (Wildman–Crippen LogP) is 6.13. The molecule has 3 rings (SSSR count). The van der Waals surface area contributed by atoms with E-state index in [9.17, 15) is 9.59 Å². The minimum atomic E-state index is 0.0463. The second-order valence-electron chi connectivity index (χ2n) is 7.76. The average Bonchev–Trinajstić information content (AvgIpc) is 2.67. The molecule has 0 radical (unpaired) electrons. The van der Waals surface area contributed by atoms with Gasteiger partial charge in [0.05, 0.1) is 10.0 Å². The number of amides is 1. The third-order valence-corrected chi connectivity index (χ3v) is 5.77. The van der Waals surface area contributed by atoms with E-state index in [-0.39, 0.29) is 11.7 Å². The summed E-state index contributed by atoms with van der Waals surface area (Å²) in [6.07, 6.45) is 3.58. The average molecular weight is 418 g/mol. The normalized spacial score (nSPS) is 13.5. The van der Waals surface area contributed by atoms with Crippen molar-refractivity contribution in [1.82, 2.24) is 0 Å². The number of anilines is 1. The topological polar surface area (TPSA) is 37.4 Å². The van der Waals surface area contributed by atoms with Crippen LogP contribution in [0.15, 0.2) is 36.4 Å². The van der Waals surface area contributed by atoms with Crippen molar-refractivity contribution < 1.29 is 9.59 Å². The lowest BCUT2D eigenvalue weighted by atomic mass is 9.95. The molecule has 0 saturated carbocycles. The lowest BCUT2D eigenvalue weighted by Crippen LogP contribution is -2.36. The number of Topliss-reactive ketones (excluding diaryl/α,β-unsaturated/α-hetero) is 1. The van der Waals surface area contributed by atoms with Gasteiger partial charge in [0.25, 0.3) is 0 Å². The zero-order valence-electron chi connectivity index (χ0n) is 16.3. The van der Waals surface area contributed by atoms with E-state index in [1.54, 1.807) is 18.2 Å². The molecule has 0 saturated heterocycles. The van der Waals surface area contributed by atoms with Gasteiger partial charge in [-0.15, -0.1) is 0 Å². The molecule has 0 bridgehead atoms. The van der Waals surface area contributed by atoms with Gasteiger partial charge in [-0.3, -0.25) is 9.59 Å². The highest BCUT2D eigenvalue weighted by Crippen LogP contribution is 2.30. The van der Waals surface area contributed by atoms with Crippen molar-refractivity contribution in [1.29, 1.82) is 0 Å². The summed E-state index contributed by atoms with van der Waals surface area (Å²) in [5, 5.41) is 0.844. The largest absolute Gasteiger partial charge is 0.312 e. The first-order valence-corrected chi connectivity index (χ1v) is 10.5. The molecule has 0 unspecified atom stereocenters. The van der Waals surface area contributed by atoms with Gasteiger partial charge in [0, 0.05) is 30.6 Å². The van der Waals surface area contributed by atoms with E-state index in [1.165, 1.54) is 5.56 Å². The molecule has 148 valence electrons. The fourth-order valence-electron chi connectivity index (χ4n) is 3.60. The summed E-state index contributed by atoms with van der Waals surface area (Å²) in [7, 11) is 0. The molecule has 0 spiro atoms. The standard InChI is InChI=1S/C23H25Cl2NO2/c1-15(2)12-23(28)26-11-3-4-17-13-16(5-9-21(17)26)6-10-22(27)18-7-8-19(24)20(25)14-18/h5,7-9,13-15H,3-4,6,10-12H2,1-2H3. The summed E-state index contributed by atoms with van der Waals surface area (Å²) in [6.45, 7) is 4.92. The van der Waals surface area contributed by atoms with Crippen LogP contribution in [0.4, 0.5) is 5.69 Å². The van der Waals surface area contributed by atoms with E-state index in [4.69, 9.17) is 23.2 Å². The number of carbonyl (C=O) groups is 2. The van der Waals surface area contributed by atoms with Gasteiger partial charge < -0.3 is 4.90 Å². The SMILES string of the molecule is CC(C)CC(=O)N1CCCc2cc(CCC(=O)c3ccc(Cl)c(Cl)c3)ccc21. The molecule has 5 heteroatoms. The van der Waals surface area contributed by atoms with Crippen LogP contribution in [0.25, 0.3) is 0 Å². The molecule has 3 nitrogen and oxygen atoms in total. The van der Waals surface area contributed by atoms with Gasteiger partial charge in [-0.25, -0.2) is 0 Å². The van der Waals surface area contributed by atoms with E-state index in [0.717, 1.165) is 30.6 Å². The predicted molar refractivity (Wildman–Crippen MR) is 116 cm³/mol. The van der Waals surface area contributed by atoms with Gasteiger partial charge in [-0.05, 0) is 60.6 Å². The molecule has 1 amide bonds. The van der Waals surface area contributed by atoms with E-state index in [2.05, 4.69) is 19.9 Å². The Bertz CT molecular complexity index is 892. The van der Waals surface area contributed by atoms with E-state index in [0.29, 0.717) is 40.8 Å². The number of fused-ring (bicyclic) bond motifs is 1. The van der Waals surface area contributed by atoms with Crippen LogP contribution in [0, 0.1) is 5.92 Å². The fourth-order valence-corrected chi connectivity index (χ4v) is 3.89. The number of hydrogen-bond acceptors (Lipinski definition) is 2. The van der Waals surface area contributed by atoms with Gasteiger partial charge in [-0.2, -0.15) is 0 Å². The summed E-state index contributed by atoms with van der Waals surface area (Å²) in [5.41, 5.74) is 3.92. The van der Waals surface area contributed by atoms with Gasteiger partial charge >= 0.3 is 0 Å². The van der Waals surface area contributed by atoms with E-state index in [1.807, 2.05) is 17.0 Å². The molecular weight excluding hydrogens is 393 g/mol. The summed E-state index contributed by atoms with van der Waals surface area (Å²) in [4.78, 5) is 26.9. The van der Waals surface area contributed by atoms with Crippen molar-refractivity contribution in [2.45, 2.75) is 46.0 Å². The third kappa shape index (κ3) is 4.95. The maximum absolute atomic E-state index is 12.5. The van der Waals surface area contributed by atoms with Gasteiger partial charge in [-0.1, -0.05) is 49.2 Å². The van der Waals surface area contributed by atoms with Gasteiger partial charge in [0.2, 0.25) is 5.91 Å². The molecule has 1 heterocycles. The number of halogens is 2. The fraction of sp³-hybridized carbons (Fsp3) is 0.391. The maximum atomic E-state index is 12.5. The van der Waals surface area contributed by atoms with Crippen molar-refractivity contribution in [3.8, 4) is 0 Å². The molecule has 0 aliphatic carbocycles. The zero-order valence-corrected chi connectivity index (χ0v) is 17.8. The van der Waals surface area contributed by atoms with E-state index >= 15 is 0 Å². The second kappa shape index (κ2) is 9.11. The molecule has 0 atom stereocenters. The molecule has 0 N–H and O–H groups in total. The molecule has 28 heavy (non-hydrogen) atoms. The number of ketones is 1. The smallest absolute Gasteiger partial charge is 0.227 e. The Hall–Kier alpha value is -1.84. The van der Waals surface area contributed by atoms with Crippen LogP contribution in [0.5, 0.6) is 0 Å². The quantitative estimate of drug-likeness (QED) is 0.529. The highest BCUT2D eigenvalue weighted by atomic mass is 35.5. The highest BCUT2D eigenvalue weighted by Gasteiger charge is 2.23. The van der Waals surface area contributed by atoms with Gasteiger partial charge in [0.1, 0.15) is 0 Å². The van der Waals surface area contributed by atoms with Crippen molar-refractivity contribution >= 4 is 40.6 Å². The van der Waals surface area contributed by atoms with Crippen LogP contribution in [0.3, 0.4) is 0 Å². The number of nitrogens with zero attached hydrogens (tertiary/aromatic N) is 1. The highest BCUT2D eigenvalue weighted by molar-refractivity contribution is 6.42. The Kier molecular flexibility index (Phi) is 6.79.